The summed E-state index contributed by atoms with van der Waals surface area (Å²) in [5.74, 6) is -0.0281. The summed E-state index contributed by atoms with van der Waals surface area (Å²) in [7, 11) is 0. The Morgan fingerprint density at radius 3 is 2.57 bits per heavy atom. The molecule has 2 unspecified atom stereocenters. The second kappa shape index (κ2) is 10.0. The normalized spacial score (nSPS) is 19.5. The van der Waals surface area contributed by atoms with Gasteiger partial charge >= 0.3 is 0 Å². The molecule has 1 aliphatic rings. The van der Waals surface area contributed by atoms with Gasteiger partial charge in [0.15, 0.2) is 6.61 Å². The Hall–Kier alpha value is -1.83. The quantitative estimate of drug-likeness (QED) is 0.524. The van der Waals surface area contributed by atoms with Crippen LogP contribution in [0, 0.1) is 5.92 Å². The lowest BCUT2D eigenvalue weighted by Gasteiger charge is -2.14. The molecule has 1 heterocycles. The van der Waals surface area contributed by atoms with E-state index in [2.05, 4.69) is 16.0 Å². The number of aliphatic hydroxyl groups excluding tert-OH is 1. The van der Waals surface area contributed by atoms with Gasteiger partial charge in [0.1, 0.15) is 5.75 Å². The molecule has 0 aliphatic carbocycles. The first-order chi connectivity index (χ1) is 10.6. The minimum Gasteiger partial charge on any atom is -0.484 e. The highest BCUT2D eigenvalue weighted by Gasteiger charge is 2.24. The molecule has 1 fully saturated rings. The summed E-state index contributed by atoms with van der Waals surface area (Å²) in [5, 5.41) is 17.8. The number of rotatable bonds is 7. The van der Waals surface area contributed by atoms with Crippen LogP contribution in [0.1, 0.15) is 0 Å². The van der Waals surface area contributed by atoms with Gasteiger partial charge < -0.3 is 25.8 Å². The Kier molecular flexibility index (Phi) is 8.39. The molecule has 0 radical (unpaired) electrons. The summed E-state index contributed by atoms with van der Waals surface area (Å²) < 4.78 is 5.27. The van der Waals surface area contributed by atoms with Crippen molar-refractivity contribution < 1.29 is 19.4 Å². The van der Waals surface area contributed by atoms with Gasteiger partial charge in [0.2, 0.25) is 5.91 Å². The Labute approximate surface area is 141 Å². The van der Waals surface area contributed by atoms with Gasteiger partial charge in [0, 0.05) is 25.6 Å². The fraction of sp³-hybridized carbons (Fsp3) is 0.467. The number of ether oxygens (including phenoxy) is 1. The SMILES string of the molecule is Cl.O=C(CNC(=O)COc1ccccc1)NCC1CNCC1O. The van der Waals surface area contributed by atoms with E-state index >= 15 is 0 Å². The van der Waals surface area contributed by atoms with Crippen molar-refractivity contribution in [2.45, 2.75) is 6.10 Å². The zero-order chi connectivity index (χ0) is 15.8. The van der Waals surface area contributed by atoms with Crippen LogP contribution in [-0.2, 0) is 9.59 Å². The summed E-state index contributed by atoms with van der Waals surface area (Å²) in [5.41, 5.74) is 0. The highest BCUT2D eigenvalue weighted by Crippen LogP contribution is 2.07. The van der Waals surface area contributed by atoms with Crippen LogP contribution in [-0.4, -0.2) is 55.8 Å². The van der Waals surface area contributed by atoms with E-state index in [9.17, 15) is 14.7 Å². The van der Waals surface area contributed by atoms with E-state index in [1.165, 1.54) is 0 Å². The molecule has 23 heavy (non-hydrogen) atoms. The third-order valence-corrected chi connectivity index (χ3v) is 3.42. The van der Waals surface area contributed by atoms with Crippen LogP contribution in [0.2, 0.25) is 0 Å². The maximum atomic E-state index is 11.6. The number of benzene rings is 1. The Balaban J connectivity index is 0.00000264. The Morgan fingerprint density at radius 1 is 1.17 bits per heavy atom. The summed E-state index contributed by atoms with van der Waals surface area (Å²) in [6.07, 6.45) is -0.436. The number of nitrogens with one attached hydrogen (secondary N) is 3. The van der Waals surface area contributed by atoms with Crippen LogP contribution in [0.3, 0.4) is 0 Å². The van der Waals surface area contributed by atoms with Crippen molar-refractivity contribution in [3.8, 4) is 5.75 Å². The van der Waals surface area contributed by atoms with Crippen molar-refractivity contribution in [1.29, 1.82) is 0 Å². The smallest absolute Gasteiger partial charge is 0.258 e. The van der Waals surface area contributed by atoms with Gasteiger partial charge in [0.25, 0.3) is 5.91 Å². The molecule has 8 heteroatoms. The van der Waals surface area contributed by atoms with Crippen molar-refractivity contribution >= 4 is 24.2 Å². The zero-order valence-electron chi connectivity index (χ0n) is 12.7. The minimum atomic E-state index is -0.436. The zero-order valence-corrected chi connectivity index (χ0v) is 13.5. The van der Waals surface area contributed by atoms with Crippen LogP contribution >= 0.6 is 12.4 Å². The third-order valence-electron chi connectivity index (χ3n) is 3.42. The second-order valence-electron chi connectivity index (χ2n) is 5.17. The molecule has 0 spiro atoms. The lowest BCUT2D eigenvalue weighted by atomic mass is 10.1. The van der Waals surface area contributed by atoms with E-state index in [1.807, 2.05) is 18.2 Å². The van der Waals surface area contributed by atoms with Crippen molar-refractivity contribution in [2.75, 3.05) is 32.8 Å². The van der Waals surface area contributed by atoms with Gasteiger partial charge in [-0.2, -0.15) is 0 Å². The molecule has 4 N–H and O–H groups in total. The predicted molar refractivity (Wildman–Crippen MR) is 87.6 cm³/mol. The first kappa shape index (κ1) is 19.2. The monoisotopic (exact) mass is 343 g/mol. The average molecular weight is 344 g/mol. The summed E-state index contributed by atoms with van der Waals surface area (Å²) >= 11 is 0. The molecular weight excluding hydrogens is 322 g/mol. The van der Waals surface area contributed by atoms with Crippen molar-refractivity contribution in [3.05, 3.63) is 30.3 Å². The van der Waals surface area contributed by atoms with E-state index in [1.54, 1.807) is 12.1 Å². The summed E-state index contributed by atoms with van der Waals surface area (Å²) in [4.78, 5) is 23.2. The molecule has 0 saturated carbocycles. The molecule has 1 aliphatic heterocycles. The van der Waals surface area contributed by atoms with E-state index in [0.29, 0.717) is 25.4 Å². The van der Waals surface area contributed by atoms with Crippen LogP contribution < -0.4 is 20.7 Å². The number of carbonyl (C=O) groups is 2. The van der Waals surface area contributed by atoms with Gasteiger partial charge in [-0.1, -0.05) is 18.2 Å². The minimum absolute atomic E-state index is 0. The van der Waals surface area contributed by atoms with Gasteiger partial charge in [-0.25, -0.2) is 0 Å². The number of hydrogen-bond acceptors (Lipinski definition) is 5. The van der Waals surface area contributed by atoms with Crippen LogP contribution in [0.25, 0.3) is 0 Å². The molecule has 7 nitrogen and oxygen atoms in total. The number of aliphatic hydroxyl groups is 1. The van der Waals surface area contributed by atoms with Crippen LogP contribution in [0.4, 0.5) is 0 Å². The van der Waals surface area contributed by atoms with Gasteiger partial charge in [-0.15, -0.1) is 12.4 Å². The first-order valence-electron chi connectivity index (χ1n) is 7.25. The topological polar surface area (TPSA) is 99.7 Å². The summed E-state index contributed by atoms with van der Waals surface area (Å²) in [6.45, 7) is 1.38. The molecule has 1 aromatic carbocycles. The molecule has 2 amide bonds. The number of carbonyl (C=O) groups excluding carboxylic acids is 2. The Bertz CT molecular complexity index is 501. The Morgan fingerprint density at radius 2 is 1.91 bits per heavy atom. The standard InChI is InChI=1S/C15H21N3O4.ClH/c19-13-8-16-6-11(13)7-17-14(20)9-18-15(21)10-22-12-4-2-1-3-5-12;/h1-5,11,13,16,19H,6-10H2,(H,17,20)(H,18,21);1H. The number of β-amino-alcohol motifs (C(OH)–C–C–N with tert-alkyl or cyclic N) is 1. The lowest BCUT2D eigenvalue weighted by molar-refractivity contribution is -0.127. The van der Waals surface area contributed by atoms with Crippen molar-refractivity contribution in [2.24, 2.45) is 5.92 Å². The number of halogens is 1. The molecule has 2 rings (SSSR count). The summed E-state index contributed by atoms with van der Waals surface area (Å²) in [6, 6.07) is 8.98. The molecule has 1 aromatic rings. The van der Waals surface area contributed by atoms with Gasteiger partial charge in [-0.3, -0.25) is 9.59 Å². The van der Waals surface area contributed by atoms with Gasteiger partial charge in [-0.05, 0) is 12.1 Å². The van der Waals surface area contributed by atoms with E-state index in [0.717, 1.165) is 0 Å². The fourth-order valence-corrected chi connectivity index (χ4v) is 2.13. The molecular formula is C15H22ClN3O4. The second-order valence-corrected chi connectivity index (χ2v) is 5.17. The predicted octanol–water partition coefficient (Wildman–Crippen LogP) is -0.700. The average Bonchev–Trinajstić information content (AvgIpc) is 2.95. The number of amides is 2. The molecule has 0 aromatic heterocycles. The van der Waals surface area contributed by atoms with Crippen LogP contribution in [0.5, 0.6) is 5.75 Å². The van der Waals surface area contributed by atoms with Crippen molar-refractivity contribution in [1.82, 2.24) is 16.0 Å². The van der Waals surface area contributed by atoms with E-state index in [4.69, 9.17) is 4.74 Å². The van der Waals surface area contributed by atoms with Crippen molar-refractivity contribution in [3.63, 3.8) is 0 Å². The fourth-order valence-electron chi connectivity index (χ4n) is 2.13. The maximum absolute atomic E-state index is 11.6. The third kappa shape index (κ3) is 6.85. The first-order valence-corrected chi connectivity index (χ1v) is 7.25. The van der Waals surface area contributed by atoms with Gasteiger partial charge in [0.05, 0.1) is 12.6 Å². The van der Waals surface area contributed by atoms with E-state index in [-0.39, 0.29) is 43.3 Å². The lowest BCUT2D eigenvalue weighted by Crippen LogP contribution is -2.41. The highest BCUT2D eigenvalue weighted by molar-refractivity contribution is 5.85. The van der Waals surface area contributed by atoms with E-state index < -0.39 is 6.10 Å². The van der Waals surface area contributed by atoms with Crippen LogP contribution in [0.15, 0.2) is 30.3 Å². The number of hydrogen-bond donors (Lipinski definition) is 4. The molecule has 2 atom stereocenters. The molecule has 128 valence electrons. The highest BCUT2D eigenvalue weighted by atomic mass is 35.5. The maximum Gasteiger partial charge on any atom is 0.258 e. The largest absolute Gasteiger partial charge is 0.484 e. The molecule has 0 bridgehead atoms. The molecule has 1 saturated heterocycles. The number of para-hydroxylation sites is 1.